The maximum absolute atomic E-state index is 15.8. The van der Waals surface area contributed by atoms with Crippen molar-refractivity contribution in [3.05, 3.63) is 110 Å². The zero-order valence-corrected chi connectivity index (χ0v) is 21.1. The molecule has 194 valence electrons. The Bertz CT molecular complexity index is 1850. The van der Waals surface area contributed by atoms with Crippen LogP contribution in [0, 0.1) is 25.5 Å². The highest BCUT2D eigenvalue weighted by Gasteiger charge is 2.42. The van der Waals surface area contributed by atoms with Crippen LogP contribution in [0.3, 0.4) is 0 Å². The normalized spacial score (nSPS) is 19.4. The quantitative estimate of drug-likeness (QED) is 0.320. The summed E-state index contributed by atoms with van der Waals surface area (Å²) in [5.41, 5.74) is 1.21. The smallest absolute Gasteiger partial charge is 0.274 e. The molecule has 1 fully saturated rings. The molecular formula is C29H25ClF2N4O2. The molecule has 0 N–H and O–H groups in total. The lowest BCUT2D eigenvalue weighted by Crippen LogP contribution is -2.23. The molecule has 0 saturated heterocycles. The number of carbonyl (C=O) groups excluding carboxylic acids is 1. The molecule has 1 aromatic carbocycles. The van der Waals surface area contributed by atoms with Gasteiger partial charge in [-0.3, -0.25) is 24.1 Å². The molecule has 1 saturated carbocycles. The molecule has 4 aromatic rings. The molecule has 3 heterocycles. The average molecular weight is 541 g/mol. The number of hydrogen-bond donors (Lipinski definition) is 0. The lowest BCUT2D eigenvalue weighted by atomic mass is 10.0. The number of amides is 1. The van der Waals surface area contributed by atoms with E-state index in [1.54, 1.807) is 26.1 Å². The summed E-state index contributed by atoms with van der Waals surface area (Å²) >= 11 is 6.60. The van der Waals surface area contributed by atoms with Crippen LogP contribution in [0.15, 0.2) is 59.8 Å². The molecule has 6 nitrogen and oxygen atoms in total. The fraction of sp³-hybridized carbons (Fsp3) is 0.241. The highest BCUT2D eigenvalue weighted by Crippen LogP contribution is 2.55. The summed E-state index contributed by atoms with van der Waals surface area (Å²) in [6.07, 6.45) is 4.77. The van der Waals surface area contributed by atoms with Gasteiger partial charge in [-0.1, -0.05) is 17.7 Å². The van der Waals surface area contributed by atoms with Crippen molar-refractivity contribution >= 4 is 17.5 Å². The first-order valence-electron chi connectivity index (χ1n) is 14.6. The van der Waals surface area contributed by atoms with Crippen LogP contribution in [-0.2, 0) is 0 Å². The third-order valence-corrected chi connectivity index (χ3v) is 7.11. The second-order valence-corrected chi connectivity index (χ2v) is 9.62. The van der Waals surface area contributed by atoms with Gasteiger partial charge in [0.05, 0.1) is 23.1 Å². The molecular weight excluding hydrogens is 510 g/mol. The monoisotopic (exact) mass is 540 g/mol. The van der Waals surface area contributed by atoms with Crippen LogP contribution in [0.5, 0.6) is 0 Å². The van der Waals surface area contributed by atoms with Crippen molar-refractivity contribution in [2.24, 2.45) is 0 Å². The minimum atomic E-state index is -3.36. The molecule has 2 atom stereocenters. The SMILES string of the molecule is [2H]C([2H])([2H])N(C(=O)c1cccc(-c2cc(-n3c(C)cc([C@H]4C[C@@H]4c4cncc(F)c4)c(Cl)c3=O)c(C)cn2)c1F)C([2H])([2H])[2H]. The molecule has 0 bridgehead atoms. The van der Waals surface area contributed by atoms with Gasteiger partial charge in [0.15, 0.2) is 0 Å². The van der Waals surface area contributed by atoms with Crippen LogP contribution in [0.2, 0.25) is 5.02 Å². The Kier molecular flexibility index (Phi) is 4.93. The van der Waals surface area contributed by atoms with E-state index < -0.39 is 42.6 Å². The van der Waals surface area contributed by atoms with Crippen molar-refractivity contribution in [1.82, 2.24) is 19.4 Å². The zero-order valence-electron chi connectivity index (χ0n) is 26.3. The summed E-state index contributed by atoms with van der Waals surface area (Å²) in [5.74, 6) is -3.31. The molecule has 1 amide bonds. The van der Waals surface area contributed by atoms with Crippen LogP contribution >= 0.6 is 11.6 Å². The lowest BCUT2D eigenvalue weighted by molar-refractivity contribution is 0.0823. The first kappa shape index (κ1) is 19.2. The number of pyridine rings is 3. The predicted octanol–water partition coefficient (Wildman–Crippen LogP) is 5.82. The van der Waals surface area contributed by atoms with Crippen molar-refractivity contribution in [2.75, 3.05) is 14.0 Å². The van der Waals surface area contributed by atoms with Gasteiger partial charge in [0.2, 0.25) is 0 Å². The maximum Gasteiger partial charge on any atom is 0.274 e. The predicted molar refractivity (Wildman–Crippen MR) is 142 cm³/mol. The van der Waals surface area contributed by atoms with E-state index in [1.807, 2.05) is 0 Å². The lowest BCUT2D eigenvalue weighted by Gasteiger charge is -2.17. The topological polar surface area (TPSA) is 68.1 Å². The van der Waals surface area contributed by atoms with E-state index in [9.17, 15) is 14.0 Å². The van der Waals surface area contributed by atoms with Crippen LogP contribution in [-0.4, -0.2) is 39.3 Å². The Morgan fingerprint density at radius 1 is 1.13 bits per heavy atom. The summed E-state index contributed by atoms with van der Waals surface area (Å²) in [7, 11) is 0. The summed E-state index contributed by atoms with van der Waals surface area (Å²) in [4.78, 5) is 34.5. The minimum absolute atomic E-state index is 0.000530. The van der Waals surface area contributed by atoms with Crippen molar-refractivity contribution in [3.63, 3.8) is 0 Å². The van der Waals surface area contributed by atoms with Crippen molar-refractivity contribution < 1.29 is 21.8 Å². The van der Waals surface area contributed by atoms with Gasteiger partial charge in [-0.15, -0.1) is 0 Å². The van der Waals surface area contributed by atoms with E-state index in [1.165, 1.54) is 35.0 Å². The van der Waals surface area contributed by atoms with E-state index in [0.29, 0.717) is 34.5 Å². The first-order valence-corrected chi connectivity index (χ1v) is 12.0. The molecule has 0 spiro atoms. The third-order valence-electron chi connectivity index (χ3n) is 6.73. The van der Waals surface area contributed by atoms with Gasteiger partial charge in [0.1, 0.15) is 16.7 Å². The van der Waals surface area contributed by atoms with E-state index >= 15 is 4.39 Å². The van der Waals surface area contributed by atoms with Crippen LogP contribution in [0.4, 0.5) is 8.78 Å². The highest BCUT2D eigenvalue weighted by molar-refractivity contribution is 6.31. The molecule has 0 unspecified atom stereocenters. The number of nitrogens with zero attached hydrogens (tertiary/aromatic N) is 4. The van der Waals surface area contributed by atoms with Gasteiger partial charge in [0.25, 0.3) is 11.5 Å². The Morgan fingerprint density at radius 2 is 1.92 bits per heavy atom. The number of halogens is 3. The fourth-order valence-corrected chi connectivity index (χ4v) is 5.04. The van der Waals surface area contributed by atoms with Gasteiger partial charge < -0.3 is 4.90 Å². The Balaban J connectivity index is 1.54. The molecule has 9 heteroatoms. The number of aromatic nitrogens is 3. The van der Waals surface area contributed by atoms with E-state index in [-0.39, 0.29) is 33.0 Å². The average Bonchev–Trinajstić information content (AvgIpc) is 3.71. The Labute approximate surface area is 232 Å². The molecule has 38 heavy (non-hydrogen) atoms. The molecule has 0 aliphatic heterocycles. The molecule has 3 aromatic heterocycles. The maximum atomic E-state index is 15.8. The molecule has 0 radical (unpaired) electrons. The van der Waals surface area contributed by atoms with Crippen LogP contribution < -0.4 is 5.56 Å². The standard InChI is InChI=1S/C29H25ClF2N4O2/c1-15-12-34-24(19-6-5-7-20(27(19)32)28(37)35(3)4)11-25(15)36-16(2)8-23(26(30)29(36)38)22-10-21(22)17-9-18(31)14-33-13-17/h5-9,11-14,21-22H,10H2,1-4H3/t21-,22+/m1/s1/i3D3,4D3. The molecule has 1 aliphatic rings. The number of carbonyl (C=O) groups is 1. The van der Waals surface area contributed by atoms with Gasteiger partial charge in [0, 0.05) is 45.8 Å². The van der Waals surface area contributed by atoms with Crippen molar-refractivity contribution in [1.29, 1.82) is 0 Å². The van der Waals surface area contributed by atoms with Gasteiger partial charge in [-0.25, -0.2) is 8.78 Å². The summed E-state index contributed by atoms with van der Waals surface area (Å²) < 4.78 is 75.9. The number of benzene rings is 1. The fourth-order valence-electron chi connectivity index (χ4n) is 4.76. The summed E-state index contributed by atoms with van der Waals surface area (Å²) in [6.45, 7) is -3.33. The zero-order chi connectivity index (χ0) is 32.3. The number of aryl methyl sites for hydroxylation is 2. The number of hydrogen-bond acceptors (Lipinski definition) is 4. The van der Waals surface area contributed by atoms with E-state index in [0.717, 1.165) is 12.3 Å². The molecule has 5 rings (SSSR count). The van der Waals surface area contributed by atoms with Gasteiger partial charge in [-0.05, 0) is 79.1 Å². The summed E-state index contributed by atoms with van der Waals surface area (Å²) in [6, 6.07) is 8.16. The van der Waals surface area contributed by atoms with Crippen molar-refractivity contribution in [2.45, 2.75) is 32.1 Å². The largest absolute Gasteiger partial charge is 0.345 e. The first-order chi connectivity index (χ1) is 20.5. The Hall–Kier alpha value is -3.91. The second kappa shape index (κ2) is 9.76. The van der Waals surface area contributed by atoms with E-state index in [2.05, 4.69) is 9.97 Å². The van der Waals surface area contributed by atoms with Crippen LogP contribution in [0.25, 0.3) is 16.9 Å². The number of rotatable bonds is 5. The van der Waals surface area contributed by atoms with Gasteiger partial charge in [-0.2, -0.15) is 0 Å². The Morgan fingerprint density at radius 3 is 2.66 bits per heavy atom. The highest BCUT2D eigenvalue weighted by atomic mass is 35.5. The second-order valence-electron chi connectivity index (χ2n) is 9.24. The minimum Gasteiger partial charge on any atom is -0.345 e. The summed E-state index contributed by atoms with van der Waals surface area (Å²) in [5, 5.41) is -0.0154. The van der Waals surface area contributed by atoms with Crippen LogP contribution in [0.1, 0.15) is 59.2 Å². The van der Waals surface area contributed by atoms with Crippen molar-refractivity contribution in [3.8, 4) is 16.9 Å². The molecule has 1 aliphatic carbocycles. The van der Waals surface area contributed by atoms with E-state index in [4.69, 9.17) is 19.8 Å². The van der Waals surface area contributed by atoms with Gasteiger partial charge >= 0.3 is 0 Å². The third kappa shape index (κ3) is 4.49.